The molecule has 0 spiro atoms. The molecule has 0 N–H and O–H groups in total. The molecule has 0 fully saturated rings. The summed E-state index contributed by atoms with van der Waals surface area (Å²) in [6, 6.07) is 0. The lowest BCUT2D eigenvalue weighted by Gasteiger charge is -2.21. The van der Waals surface area contributed by atoms with E-state index in [-0.39, 0.29) is 11.9 Å². The lowest BCUT2D eigenvalue weighted by atomic mass is 10.0. The number of esters is 2. The summed E-state index contributed by atoms with van der Waals surface area (Å²) in [7, 11) is 0. The third-order valence-corrected chi connectivity index (χ3v) is 8.26. The van der Waals surface area contributed by atoms with Crippen molar-refractivity contribution in [3.63, 3.8) is 0 Å². The van der Waals surface area contributed by atoms with Crippen LogP contribution in [0.5, 0.6) is 0 Å². The van der Waals surface area contributed by atoms with Crippen molar-refractivity contribution < 1.29 is 19.1 Å². The Morgan fingerprint density at radius 1 is 0.375 bits per heavy atom. The molecule has 0 saturated carbocycles. The van der Waals surface area contributed by atoms with Crippen molar-refractivity contribution in [1.82, 2.24) is 0 Å². The van der Waals surface area contributed by atoms with E-state index >= 15 is 0 Å². The summed E-state index contributed by atoms with van der Waals surface area (Å²) in [5.41, 5.74) is 0. The Bertz CT molecular complexity index is 499. The maximum absolute atomic E-state index is 12.2. The van der Waals surface area contributed by atoms with Crippen molar-refractivity contribution in [2.24, 2.45) is 0 Å². The first kappa shape index (κ1) is 38.9. The molecule has 0 amide bonds. The Labute approximate surface area is 250 Å². The van der Waals surface area contributed by atoms with E-state index < -0.39 is 12.2 Å². The van der Waals surface area contributed by atoms with Gasteiger partial charge in [0, 0.05) is 12.8 Å². The summed E-state index contributed by atoms with van der Waals surface area (Å²) in [4.78, 5) is 24.4. The van der Waals surface area contributed by atoms with E-state index in [0.717, 1.165) is 25.7 Å². The van der Waals surface area contributed by atoms with Gasteiger partial charge in [-0.3, -0.25) is 9.59 Å². The summed E-state index contributed by atoms with van der Waals surface area (Å²) in [6.07, 6.45) is 33.7. The highest BCUT2D eigenvalue weighted by atomic mass is 16.6. The molecule has 0 aromatic heterocycles. The molecule has 0 aromatic carbocycles. The average molecular weight is 567 g/mol. The molecule has 0 aliphatic rings. The Hall–Kier alpha value is -1.06. The van der Waals surface area contributed by atoms with Gasteiger partial charge in [0.25, 0.3) is 0 Å². The van der Waals surface area contributed by atoms with Crippen molar-refractivity contribution in [3.8, 4) is 0 Å². The number of carbonyl (C=O) groups is 2. The standard InChI is InChI=1S/C36H70O4/c1-5-7-9-11-13-15-17-19-21-23-25-27-29-31-35(37)39-33(3)34(4)40-36(38)32-30-28-26-24-22-20-18-16-14-12-10-8-6-2/h33-34H,5-32H2,1-4H3. The summed E-state index contributed by atoms with van der Waals surface area (Å²) in [5.74, 6) is -0.343. The molecule has 0 saturated heterocycles. The molecule has 0 aromatic rings. The topological polar surface area (TPSA) is 52.6 Å². The van der Waals surface area contributed by atoms with Crippen molar-refractivity contribution in [2.45, 2.75) is 220 Å². The minimum atomic E-state index is -0.398. The van der Waals surface area contributed by atoms with Gasteiger partial charge in [0.15, 0.2) is 0 Å². The summed E-state index contributed by atoms with van der Waals surface area (Å²) >= 11 is 0. The molecule has 2 unspecified atom stereocenters. The first-order chi connectivity index (χ1) is 19.5. The van der Waals surface area contributed by atoms with Gasteiger partial charge in [0.1, 0.15) is 12.2 Å². The van der Waals surface area contributed by atoms with Crippen molar-refractivity contribution in [3.05, 3.63) is 0 Å². The van der Waals surface area contributed by atoms with Gasteiger partial charge >= 0.3 is 11.9 Å². The van der Waals surface area contributed by atoms with E-state index in [2.05, 4.69) is 13.8 Å². The van der Waals surface area contributed by atoms with Crippen molar-refractivity contribution >= 4 is 11.9 Å². The number of unbranched alkanes of at least 4 members (excludes halogenated alkanes) is 24. The Kier molecular flexibility index (Phi) is 30.1. The quantitative estimate of drug-likeness (QED) is 0.0618. The normalized spacial score (nSPS) is 12.8. The minimum Gasteiger partial charge on any atom is -0.459 e. The van der Waals surface area contributed by atoms with Crippen molar-refractivity contribution in [1.29, 1.82) is 0 Å². The molecule has 0 heterocycles. The van der Waals surface area contributed by atoms with Crippen LogP contribution in [-0.2, 0) is 19.1 Å². The molecule has 4 nitrogen and oxygen atoms in total. The molecule has 0 radical (unpaired) electrons. The van der Waals surface area contributed by atoms with Crippen LogP contribution in [0.1, 0.15) is 207 Å². The van der Waals surface area contributed by atoms with Crippen LogP contribution in [0.3, 0.4) is 0 Å². The van der Waals surface area contributed by atoms with Gasteiger partial charge in [-0.1, -0.05) is 168 Å². The monoisotopic (exact) mass is 567 g/mol. The minimum absolute atomic E-state index is 0.171. The van der Waals surface area contributed by atoms with Gasteiger partial charge < -0.3 is 9.47 Å². The SMILES string of the molecule is CCCCCCCCCCCCCCCC(=O)OC(C)C(C)OC(=O)CCCCCCCCCCCCCCC. The highest BCUT2D eigenvalue weighted by Gasteiger charge is 2.20. The van der Waals surface area contributed by atoms with E-state index in [0.29, 0.717) is 12.8 Å². The Morgan fingerprint density at radius 3 is 0.800 bits per heavy atom. The summed E-state index contributed by atoms with van der Waals surface area (Å²) in [6.45, 7) is 8.19. The maximum atomic E-state index is 12.2. The van der Waals surface area contributed by atoms with Gasteiger partial charge in [-0.25, -0.2) is 0 Å². The first-order valence-electron chi connectivity index (χ1n) is 17.9. The van der Waals surface area contributed by atoms with Crippen LogP contribution < -0.4 is 0 Å². The average Bonchev–Trinajstić information content (AvgIpc) is 2.93. The molecule has 0 bridgehead atoms. The molecule has 2 atom stereocenters. The molecule has 40 heavy (non-hydrogen) atoms. The molecule has 0 aliphatic carbocycles. The Balaban J connectivity index is 3.54. The van der Waals surface area contributed by atoms with Crippen LogP contribution in [0.25, 0.3) is 0 Å². The number of rotatable bonds is 31. The van der Waals surface area contributed by atoms with Crippen LogP contribution in [0, 0.1) is 0 Å². The highest BCUT2D eigenvalue weighted by molar-refractivity contribution is 5.70. The zero-order chi connectivity index (χ0) is 29.5. The van der Waals surface area contributed by atoms with Crippen LogP contribution in [0.2, 0.25) is 0 Å². The highest BCUT2D eigenvalue weighted by Crippen LogP contribution is 2.15. The van der Waals surface area contributed by atoms with Gasteiger partial charge in [-0.15, -0.1) is 0 Å². The van der Waals surface area contributed by atoms with E-state index in [1.54, 1.807) is 0 Å². The van der Waals surface area contributed by atoms with Crippen LogP contribution in [0.4, 0.5) is 0 Å². The number of carbonyl (C=O) groups excluding carboxylic acids is 2. The molecule has 0 rings (SSSR count). The lowest BCUT2D eigenvalue weighted by Crippen LogP contribution is -2.30. The van der Waals surface area contributed by atoms with Crippen LogP contribution >= 0.6 is 0 Å². The van der Waals surface area contributed by atoms with Crippen LogP contribution in [-0.4, -0.2) is 24.1 Å². The molecule has 4 heteroatoms. The van der Waals surface area contributed by atoms with E-state index in [1.807, 2.05) is 13.8 Å². The third kappa shape index (κ3) is 28.5. The lowest BCUT2D eigenvalue weighted by molar-refractivity contribution is -0.165. The number of ether oxygens (including phenoxy) is 2. The third-order valence-electron chi connectivity index (χ3n) is 8.26. The van der Waals surface area contributed by atoms with E-state index in [1.165, 1.54) is 141 Å². The van der Waals surface area contributed by atoms with Crippen molar-refractivity contribution in [2.75, 3.05) is 0 Å². The number of hydrogen-bond acceptors (Lipinski definition) is 4. The van der Waals surface area contributed by atoms with Gasteiger partial charge in [0.05, 0.1) is 0 Å². The zero-order valence-electron chi connectivity index (χ0n) is 27.6. The second-order valence-corrected chi connectivity index (χ2v) is 12.4. The fourth-order valence-corrected chi connectivity index (χ4v) is 5.30. The predicted molar refractivity (Wildman–Crippen MR) is 172 cm³/mol. The second kappa shape index (κ2) is 30.9. The molecule has 238 valence electrons. The van der Waals surface area contributed by atoms with Gasteiger partial charge in [-0.2, -0.15) is 0 Å². The van der Waals surface area contributed by atoms with Gasteiger partial charge in [-0.05, 0) is 26.7 Å². The zero-order valence-corrected chi connectivity index (χ0v) is 27.6. The predicted octanol–water partition coefficient (Wildman–Crippen LogP) is 11.8. The first-order valence-corrected chi connectivity index (χ1v) is 17.9. The molecule has 0 aliphatic heterocycles. The molecular formula is C36H70O4. The number of hydrogen-bond donors (Lipinski definition) is 0. The fraction of sp³-hybridized carbons (Fsp3) is 0.944. The smallest absolute Gasteiger partial charge is 0.306 e. The summed E-state index contributed by atoms with van der Waals surface area (Å²) < 4.78 is 11.1. The van der Waals surface area contributed by atoms with Gasteiger partial charge in [0.2, 0.25) is 0 Å². The fourth-order valence-electron chi connectivity index (χ4n) is 5.30. The van der Waals surface area contributed by atoms with E-state index in [4.69, 9.17) is 9.47 Å². The Morgan fingerprint density at radius 2 is 0.575 bits per heavy atom. The van der Waals surface area contributed by atoms with Crippen LogP contribution in [0.15, 0.2) is 0 Å². The summed E-state index contributed by atoms with van der Waals surface area (Å²) in [5, 5.41) is 0. The van der Waals surface area contributed by atoms with E-state index in [9.17, 15) is 9.59 Å². The maximum Gasteiger partial charge on any atom is 0.306 e. The second-order valence-electron chi connectivity index (χ2n) is 12.4. The largest absolute Gasteiger partial charge is 0.459 e. The molecular weight excluding hydrogens is 496 g/mol.